The number of carboxylic acid groups (broad SMARTS) is 1. The van der Waals surface area contributed by atoms with Crippen molar-refractivity contribution >= 4 is 23.9 Å². The third-order valence-corrected chi connectivity index (χ3v) is 13.4. The van der Waals surface area contributed by atoms with Crippen LogP contribution in [0.15, 0.2) is 48.6 Å². The van der Waals surface area contributed by atoms with Gasteiger partial charge in [0.2, 0.25) is 0 Å². The van der Waals surface area contributed by atoms with Gasteiger partial charge in [0.15, 0.2) is 24.6 Å². The number of allylic oxidation sites excluding steroid dienone is 8. The molecule has 0 aromatic carbocycles. The minimum Gasteiger partial charge on any atom is -0.479 e. The van der Waals surface area contributed by atoms with Crippen molar-refractivity contribution in [3.8, 4) is 0 Å². The zero-order chi connectivity index (χ0) is 53.3. The minimum absolute atomic E-state index is 0.0612. The van der Waals surface area contributed by atoms with E-state index in [1.54, 1.807) is 0 Å². The number of hydrogen-bond donors (Lipinski definition) is 3. The maximum absolute atomic E-state index is 13.1. The summed E-state index contributed by atoms with van der Waals surface area (Å²) < 4.78 is 28.4. The van der Waals surface area contributed by atoms with Crippen LogP contribution in [0.2, 0.25) is 0 Å². The molecule has 1 saturated heterocycles. The lowest BCUT2D eigenvalue weighted by Crippen LogP contribution is -2.61. The summed E-state index contributed by atoms with van der Waals surface area (Å²) in [5.74, 6) is -3.12. The lowest BCUT2D eigenvalue weighted by atomic mass is 9.98. The molecule has 6 atom stereocenters. The number of ether oxygens (including phenoxy) is 5. The number of aliphatic hydroxyl groups excluding tert-OH is 2. The van der Waals surface area contributed by atoms with Crippen molar-refractivity contribution < 1.29 is 58.2 Å². The van der Waals surface area contributed by atoms with Gasteiger partial charge < -0.3 is 39.0 Å². The van der Waals surface area contributed by atoms with Crippen LogP contribution in [0.4, 0.5) is 0 Å². The molecular formula is C61H106O12. The number of aliphatic carboxylic acids is 1. The minimum atomic E-state index is -1.90. The summed E-state index contributed by atoms with van der Waals surface area (Å²) in [6.45, 7) is 5.85. The summed E-state index contributed by atoms with van der Waals surface area (Å²) in [7, 11) is 0. The second kappa shape index (κ2) is 49.6. The Kier molecular flexibility index (Phi) is 45.9. The van der Waals surface area contributed by atoms with Gasteiger partial charge in [-0.2, -0.15) is 0 Å². The van der Waals surface area contributed by atoms with Crippen LogP contribution in [0, 0.1) is 0 Å². The summed E-state index contributed by atoms with van der Waals surface area (Å²) in [6.07, 6.45) is 46.7. The molecule has 0 aromatic rings. The Bertz CT molecular complexity index is 1460. The Labute approximate surface area is 443 Å². The molecule has 12 heteroatoms. The van der Waals surface area contributed by atoms with Crippen molar-refractivity contribution in [1.29, 1.82) is 0 Å². The van der Waals surface area contributed by atoms with Gasteiger partial charge in [-0.05, 0) is 77.0 Å². The number of unbranched alkanes of at least 4 members (excludes halogenated alkanes) is 28. The summed E-state index contributed by atoms with van der Waals surface area (Å²) in [4.78, 5) is 51.0. The second-order valence-corrected chi connectivity index (χ2v) is 20.3. The quantitative estimate of drug-likeness (QED) is 0.0228. The van der Waals surface area contributed by atoms with E-state index in [0.717, 1.165) is 109 Å². The number of esters is 3. The zero-order valence-electron chi connectivity index (χ0n) is 46.4. The summed E-state index contributed by atoms with van der Waals surface area (Å²) in [5, 5.41) is 31.4. The van der Waals surface area contributed by atoms with Gasteiger partial charge in [-0.1, -0.05) is 217 Å². The van der Waals surface area contributed by atoms with Crippen LogP contribution in [-0.2, 0) is 42.9 Å². The van der Waals surface area contributed by atoms with E-state index in [1.807, 2.05) is 0 Å². The van der Waals surface area contributed by atoms with Crippen LogP contribution in [0.3, 0.4) is 0 Å². The fraction of sp³-hybridized carbons (Fsp3) is 0.803. The third kappa shape index (κ3) is 39.7. The molecule has 6 unspecified atom stereocenters. The fourth-order valence-electron chi connectivity index (χ4n) is 8.85. The van der Waals surface area contributed by atoms with E-state index in [4.69, 9.17) is 23.7 Å². The number of carbonyl (C=O) groups excluding carboxylic acids is 3. The molecule has 3 N–H and O–H groups in total. The lowest BCUT2D eigenvalue weighted by Gasteiger charge is -2.40. The van der Waals surface area contributed by atoms with Gasteiger partial charge in [0, 0.05) is 19.3 Å². The molecule has 0 aliphatic carbocycles. The molecule has 0 aromatic heterocycles. The largest absolute Gasteiger partial charge is 0.479 e. The van der Waals surface area contributed by atoms with E-state index >= 15 is 0 Å². The van der Waals surface area contributed by atoms with Gasteiger partial charge in [0.1, 0.15) is 18.8 Å². The van der Waals surface area contributed by atoms with Gasteiger partial charge in [0.05, 0.1) is 6.61 Å². The maximum atomic E-state index is 13.1. The van der Waals surface area contributed by atoms with Crippen LogP contribution >= 0.6 is 0 Å². The first-order valence-electron chi connectivity index (χ1n) is 29.6. The Morgan fingerprint density at radius 2 is 0.863 bits per heavy atom. The highest BCUT2D eigenvalue weighted by molar-refractivity contribution is 5.74. The van der Waals surface area contributed by atoms with Crippen LogP contribution in [0.25, 0.3) is 0 Å². The van der Waals surface area contributed by atoms with Gasteiger partial charge in [0.25, 0.3) is 0 Å². The van der Waals surface area contributed by atoms with E-state index in [1.165, 1.54) is 96.3 Å². The first-order chi connectivity index (χ1) is 35.6. The van der Waals surface area contributed by atoms with E-state index in [9.17, 15) is 34.5 Å². The van der Waals surface area contributed by atoms with Gasteiger partial charge in [-0.3, -0.25) is 14.4 Å². The number of hydrogen-bond acceptors (Lipinski definition) is 11. The Morgan fingerprint density at radius 1 is 0.466 bits per heavy atom. The fourth-order valence-corrected chi connectivity index (χ4v) is 8.85. The topological polar surface area (TPSA) is 175 Å². The van der Waals surface area contributed by atoms with Crippen molar-refractivity contribution in [1.82, 2.24) is 0 Å². The summed E-state index contributed by atoms with van der Waals surface area (Å²) >= 11 is 0. The molecule has 422 valence electrons. The van der Waals surface area contributed by atoms with Crippen molar-refractivity contribution in [3.63, 3.8) is 0 Å². The smallest absolute Gasteiger partial charge is 0.335 e. The Morgan fingerprint density at radius 3 is 1.33 bits per heavy atom. The van der Waals surface area contributed by atoms with E-state index in [2.05, 4.69) is 69.4 Å². The highest BCUT2D eigenvalue weighted by atomic mass is 16.7. The number of carbonyl (C=O) groups is 4. The molecule has 1 rings (SSSR count). The van der Waals surface area contributed by atoms with Gasteiger partial charge >= 0.3 is 23.9 Å². The van der Waals surface area contributed by atoms with Crippen LogP contribution < -0.4 is 0 Å². The average molecular weight is 1030 g/mol. The first kappa shape index (κ1) is 67.7. The Balaban J connectivity index is 2.67. The van der Waals surface area contributed by atoms with E-state index in [0.29, 0.717) is 19.3 Å². The molecule has 1 aliphatic rings. The van der Waals surface area contributed by atoms with Crippen LogP contribution in [0.5, 0.6) is 0 Å². The van der Waals surface area contributed by atoms with Crippen molar-refractivity contribution in [2.24, 2.45) is 0 Å². The monoisotopic (exact) mass is 1030 g/mol. The second-order valence-electron chi connectivity index (χ2n) is 20.3. The SMILES string of the molecule is CC/C=C\C/C=C\C/C=C\CCCCCCCCCC(=O)OCC(COC1OC(C(=O)O)C(O)C(O)C1OC(=O)CCCCCCCCCCC)OC(=O)CCCCCCCCC/C=C\CCCCCCCC. The number of rotatable bonds is 50. The molecule has 12 nitrogen and oxygen atoms in total. The van der Waals surface area contributed by atoms with Gasteiger partial charge in [-0.25, -0.2) is 4.79 Å². The maximum Gasteiger partial charge on any atom is 0.335 e. The van der Waals surface area contributed by atoms with Crippen molar-refractivity contribution in [2.45, 2.75) is 302 Å². The summed E-state index contributed by atoms with van der Waals surface area (Å²) in [6, 6.07) is 0. The standard InChI is InChI=1S/C61H106O12/c1-4-7-10-13-16-19-21-23-25-27-29-31-33-36-38-41-44-47-53(62)69-50-52(71-54(63)48-45-42-40-37-34-32-30-28-26-24-22-20-17-14-11-8-5-2)51-70-61-59(57(66)56(65)58(73-61)60(67)68)72-55(64)49-46-43-39-35-18-15-12-9-6-3/h7,10,16,19,23-26,52,56-59,61,65-66H,4-6,8-9,11-15,17-18,20-22,27-51H2,1-3H3,(H,67,68)/b10-7-,19-16-,25-23-,26-24-. The third-order valence-electron chi connectivity index (χ3n) is 13.4. The number of aliphatic hydroxyl groups is 2. The van der Waals surface area contributed by atoms with Crippen molar-refractivity contribution in [2.75, 3.05) is 13.2 Å². The predicted octanol–water partition coefficient (Wildman–Crippen LogP) is 15.0. The zero-order valence-corrected chi connectivity index (χ0v) is 46.4. The normalized spacial score (nSPS) is 18.6. The summed E-state index contributed by atoms with van der Waals surface area (Å²) in [5.41, 5.74) is 0. The highest BCUT2D eigenvalue weighted by Crippen LogP contribution is 2.26. The van der Waals surface area contributed by atoms with Crippen LogP contribution in [-0.4, -0.2) is 89.2 Å². The molecule has 1 aliphatic heterocycles. The highest BCUT2D eigenvalue weighted by Gasteiger charge is 2.50. The van der Waals surface area contributed by atoms with E-state index in [-0.39, 0.29) is 25.9 Å². The van der Waals surface area contributed by atoms with Gasteiger partial charge in [-0.15, -0.1) is 0 Å². The molecule has 73 heavy (non-hydrogen) atoms. The first-order valence-corrected chi connectivity index (χ1v) is 29.6. The molecular weight excluding hydrogens is 925 g/mol. The van der Waals surface area contributed by atoms with Crippen LogP contribution in [0.1, 0.15) is 265 Å². The predicted molar refractivity (Wildman–Crippen MR) is 294 cm³/mol. The van der Waals surface area contributed by atoms with Crippen molar-refractivity contribution in [3.05, 3.63) is 48.6 Å². The molecule has 0 amide bonds. The molecule has 0 radical (unpaired) electrons. The molecule has 1 fully saturated rings. The average Bonchev–Trinajstić information content (AvgIpc) is 3.37. The van der Waals surface area contributed by atoms with E-state index < -0.39 is 67.3 Å². The number of carboxylic acids is 1. The molecule has 0 bridgehead atoms. The molecule has 1 heterocycles. The Hall–Kier alpha value is -3.32. The lowest BCUT2D eigenvalue weighted by molar-refractivity contribution is -0.301. The molecule has 0 spiro atoms. The molecule has 0 saturated carbocycles.